The normalized spacial score (nSPS) is 16.7. The highest BCUT2D eigenvalue weighted by atomic mass is 16.6. The zero-order valence-corrected chi connectivity index (χ0v) is 15.0. The summed E-state index contributed by atoms with van der Waals surface area (Å²) in [5, 5.41) is 0. The number of hydrogen-bond acceptors (Lipinski definition) is 4. The van der Waals surface area contributed by atoms with Crippen LogP contribution in [0.15, 0.2) is 24.3 Å². The van der Waals surface area contributed by atoms with Crippen molar-refractivity contribution < 1.29 is 19.1 Å². The van der Waals surface area contributed by atoms with Gasteiger partial charge < -0.3 is 9.47 Å². The average Bonchev–Trinajstić information content (AvgIpc) is 2.93. The third-order valence-electron chi connectivity index (χ3n) is 4.50. The molecule has 0 amide bonds. The van der Waals surface area contributed by atoms with E-state index in [9.17, 15) is 9.59 Å². The van der Waals surface area contributed by atoms with Crippen LogP contribution in [0, 0.1) is 0 Å². The molecule has 23 heavy (non-hydrogen) atoms. The van der Waals surface area contributed by atoms with Gasteiger partial charge >= 0.3 is 11.9 Å². The number of rotatable bonds is 8. The molecule has 0 radical (unpaired) electrons. The second kappa shape index (κ2) is 7.80. The zero-order valence-electron chi connectivity index (χ0n) is 15.0. The van der Waals surface area contributed by atoms with Crippen molar-refractivity contribution in [3.05, 3.63) is 24.3 Å². The van der Waals surface area contributed by atoms with Gasteiger partial charge in [-0.05, 0) is 65.7 Å². The first-order valence-electron chi connectivity index (χ1n) is 8.41. The average molecular weight is 322 g/mol. The van der Waals surface area contributed by atoms with Crippen molar-refractivity contribution in [1.82, 2.24) is 0 Å². The first kappa shape index (κ1) is 19.5. The molecule has 1 rings (SSSR count). The molecular weight excluding hydrogens is 292 g/mol. The van der Waals surface area contributed by atoms with Gasteiger partial charge in [-0.2, -0.15) is 0 Å². The van der Waals surface area contributed by atoms with Crippen molar-refractivity contribution in [2.45, 2.75) is 83.8 Å². The van der Waals surface area contributed by atoms with Crippen molar-refractivity contribution in [2.24, 2.45) is 0 Å². The van der Waals surface area contributed by atoms with Crippen LogP contribution in [0.3, 0.4) is 0 Å². The fourth-order valence-corrected chi connectivity index (χ4v) is 2.76. The molecule has 1 aliphatic rings. The van der Waals surface area contributed by atoms with Gasteiger partial charge in [0.2, 0.25) is 0 Å². The minimum atomic E-state index is -0.672. The Labute approximate surface area is 139 Å². The van der Waals surface area contributed by atoms with Crippen LogP contribution in [-0.4, -0.2) is 23.1 Å². The van der Waals surface area contributed by atoms with Crippen molar-refractivity contribution >= 4 is 11.9 Å². The predicted octanol–water partition coefficient (Wildman–Crippen LogP) is 4.49. The largest absolute Gasteiger partial charge is 0.456 e. The molecule has 0 atom stereocenters. The van der Waals surface area contributed by atoms with E-state index in [-0.39, 0.29) is 11.6 Å². The van der Waals surface area contributed by atoms with Gasteiger partial charge in [0.15, 0.2) is 0 Å². The summed E-state index contributed by atoms with van der Waals surface area (Å²) in [5.41, 5.74) is -0.177. The highest BCUT2D eigenvalue weighted by molar-refractivity contribution is 5.88. The van der Waals surface area contributed by atoms with Gasteiger partial charge in [-0.15, -0.1) is 0 Å². The Bertz CT molecular complexity index is 482. The minimum absolute atomic E-state index is 0.304. The van der Waals surface area contributed by atoms with Crippen LogP contribution >= 0.6 is 0 Å². The molecule has 4 heteroatoms. The van der Waals surface area contributed by atoms with E-state index in [1.807, 2.05) is 13.8 Å². The Kier molecular flexibility index (Phi) is 6.60. The summed E-state index contributed by atoms with van der Waals surface area (Å²) in [7, 11) is 0. The maximum Gasteiger partial charge on any atom is 0.333 e. The number of carbonyl (C=O) groups is 2. The summed E-state index contributed by atoms with van der Waals surface area (Å²) < 4.78 is 11.1. The van der Waals surface area contributed by atoms with Crippen molar-refractivity contribution in [3.8, 4) is 0 Å². The Morgan fingerprint density at radius 1 is 1.13 bits per heavy atom. The molecule has 0 aliphatic heterocycles. The Hall–Kier alpha value is -1.58. The molecule has 0 heterocycles. The van der Waals surface area contributed by atoms with Gasteiger partial charge in [0, 0.05) is 11.1 Å². The molecule has 130 valence electrons. The number of esters is 2. The van der Waals surface area contributed by atoms with E-state index < -0.39 is 11.6 Å². The van der Waals surface area contributed by atoms with E-state index >= 15 is 0 Å². The van der Waals surface area contributed by atoms with Crippen LogP contribution in [0.25, 0.3) is 0 Å². The third-order valence-corrected chi connectivity index (χ3v) is 4.50. The van der Waals surface area contributed by atoms with Crippen LogP contribution in [0.1, 0.15) is 72.6 Å². The lowest BCUT2D eigenvalue weighted by molar-refractivity contribution is -0.155. The number of hydrogen-bond donors (Lipinski definition) is 0. The first-order valence-corrected chi connectivity index (χ1v) is 8.41. The van der Waals surface area contributed by atoms with Gasteiger partial charge in [0.25, 0.3) is 0 Å². The van der Waals surface area contributed by atoms with Gasteiger partial charge in [0.1, 0.15) is 11.2 Å². The lowest BCUT2D eigenvalue weighted by Crippen LogP contribution is -2.32. The quantitative estimate of drug-likeness (QED) is 0.488. The molecule has 1 fully saturated rings. The predicted molar refractivity (Wildman–Crippen MR) is 90.9 cm³/mol. The van der Waals surface area contributed by atoms with Crippen molar-refractivity contribution in [3.63, 3.8) is 0 Å². The molecule has 0 saturated heterocycles. The van der Waals surface area contributed by atoms with E-state index in [2.05, 4.69) is 20.1 Å². The monoisotopic (exact) mass is 322 g/mol. The van der Waals surface area contributed by atoms with E-state index in [0.717, 1.165) is 32.1 Å². The highest BCUT2D eigenvalue weighted by Gasteiger charge is 2.36. The lowest BCUT2D eigenvalue weighted by atomic mass is 9.97. The highest BCUT2D eigenvalue weighted by Crippen LogP contribution is 2.36. The molecule has 0 aromatic carbocycles. The van der Waals surface area contributed by atoms with Crippen LogP contribution < -0.4 is 0 Å². The van der Waals surface area contributed by atoms with E-state index in [1.54, 1.807) is 6.92 Å². The van der Waals surface area contributed by atoms with Crippen LogP contribution in [0.4, 0.5) is 0 Å². The number of carbonyl (C=O) groups excluding carboxylic acids is 2. The molecular formula is C19H30O4. The Morgan fingerprint density at radius 3 is 2.17 bits per heavy atom. The van der Waals surface area contributed by atoms with Gasteiger partial charge in [-0.3, -0.25) is 0 Å². The van der Waals surface area contributed by atoms with Crippen molar-refractivity contribution in [2.75, 3.05) is 0 Å². The molecule has 0 aromatic rings. The maximum absolute atomic E-state index is 12.3. The molecule has 0 spiro atoms. The molecule has 0 bridgehead atoms. The van der Waals surface area contributed by atoms with Crippen LogP contribution in [-0.2, 0) is 19.1 Å². The topological polar surface area (TPSA) is 52.6 Å². The van der Waals surface area contributed by atoms with Crippen molar-refractivity contribution in [1.29, 1.82) is 0 Å². The van der Waals surface area contributed by atoms with E-state index in [4.69, 9.17) is 9.47 Å². The first-order chi connectivity index (χ1) is 10.6. The summed E-state index contributed by atoms with van der Waals surface area (Å²) in [6.07, 6.45) is 5.88. The minimum Gasteiger partial charge on any atom is -0.456 e. The summed E-state index contributed by atoms with van der Waals surface area (Å²) in [4.78, 5) is 23.9. The van der Waals surface area contributed by atoms with E-state index in [1.165, 1.54) is 0 Å². The van der Waals surface area contributed by atoms with Gasteiger partial charge in [-0.1, -0.05) is 20.1 Å². The fourth-order valence-electron chi connectivity index (χ4n) is 2.76. The summed E-state index contributed by atoms with van der Waals surface area (Å²) >= 11 is 0. The Balaban J connectivity index is 2.50. The molecule has 4 nitrogen and oxygen atoms in total. The Morgan fingerprint density at radius 2 is 1.70 bits per heavy atom. The fraction of sp³-hybridized carbons (Fsp3) is 0.684. The third kappa shape index (κ3) is 5.85. The zero-order chi connectivity index (χ0) is 17.7. The van der Waals surface area contributed by atoms with Crippen LogP contribution in [0.2, 0.25) is 0 Å². The smallest absolute Gasteiger partial charge is 0.333 e. The van der Waals surface area contributed by atoms with E-state index in [0.29, 0.717) is 24.0 Å². The lowest BCUT2D eigenvalue weighted by Gasteiger charge is -2.29. The summed E-state index contributed by atoms with van der Waals surface area (Å²) in [6, 6.07) is 0. The SMILES string of the molecule is C=C(C)C(=O)OC(C)(C)CCC(=C)C(=O)OC1(CC)CCCC1. The standard InChI is InChI=1S/C19H30O4/c1-7-19(11-8-9-12-19)23-17(21)15(4)10-13-18(5,6)22-16(20)14(2)3/h2,4,7-13H2,1,3,5-6H3. The maximum atomic E-state index is 12.3. The molecule has 1 saturated carbocycles. The molecule has 0 aromatic heterocycles. The second-order valence-electron chi connectivity index (χ2n) is 7.17. The molecule has 1 aliphatic carbocycles. The molecule has 0 unspecified atom stereocenters. The van der Waals surface area contributed by atoms with Gasteiger partial charge in [0.05, 0.1) is 0 Å². The van der Waals surface area contributed by atoms with Gasteiger partial charge in [-0.25, -0.2) is 9.59 Å². The molecule has 0 N–H and O–H groups in total. The van der Waals surface area contributed by atoms with Crippen LogP contribution in [0.5, 0.6) is 0 Å². The number of ether oxygens (including phenoxy) is 2. The summed E-state index contributed by atoms with van der Waals surface area (Å²) in [5.74, 6) is -0.741. The second-order valence-corrected chi connectivity index (χ2v) is 7.17. The summed E-state index contributed by atoms with van der Waals surface area (Å²) in [6.45, 7) is 14.7.